The van der Waals surface area contributed by atoms with Crippen molar-refractivity contribution in [3.63, 3.8) is 0 Å². The minimum atomic E-state index is -1.11. The number of hydrogen-bond acceptors (Lipinski definition) is 5. The Morgan fingerprint density at radius 1 is 1.34 bits per heavy atom. The maximum atomic E-state index is 14.1. The van der Waals surface area contributed by atoms with Crippen molar-refractivity contribution in [2.24, 2.45) is 5.73 Å². The summed E-state index contributed by atoms with van der Waals surface area (Å²) >= 11 is 0. The summed E-state index contributed by atoms with van der Waals surface area (Å²) < 4.78 is 33.6. The molecule has 0 aromatic heterocycles. The number of rotatable bonds is 7. The van der Waals surface area contributed by atoms with Gasteiger partial charge in [0.25, 0.3) is 5.91 Å². The number of carbonyl (C=O) groups excluding carboxylic acids is 2. The van der Waals surface area contributed by atoms with Crippen molar-refractivity contribution in [2.75, 3.05) is 13.2 Å². The molecule has 1 heterocycles. The molecule has 9 heteroatoms. The molecule has 1 atom stereocenters. The largest absolute Gasteiger partial charge is 0.384 e. The lowest BCUT2D eigenvalue weighted by Crippen LogP contribution is -2.45. The summed E-state index contributed by atoms with van der Waals surface area (Å²) in [5.41, 5.74) is 6.61. The van der Waals surface area contributed by atoms with Gasteiger partial charge in [0.05, 0.1) is 0 Å². The minimum absolute atomic E-state index is 0.0539. The van der Waals surface area contributed by atoms with Gasteiger partial charge in [-0.2, -0.15) is 0 Å². The third-order valence-corrected chi connectivity index (χ3v) is 4.54. The third-order valence-electron chi connectivity index (χ3n) is 4.54. The minimum Gasteiger partial charge on any atom is -0.384 e. The summed E-state index contributed by atoms with van der Waals surface area (Å²) in [7, 11) is 0. The lowest BCUT2D eigenvalue weighted by atomic mass is 10.00. The second kappa shape index (κ2) is 8.36. The summed E-state index contributed by atoms with van der Waals surface area (Å²) in [5.74, 6) is -3.43. The molecule has 0 fully saturated rings. The number of nitrogen functional groups attached to an aromatic ring is 1. The molecule has 1 amide bonds. The van der Waals surface area contributed by atoms with Gasteiger partial charge in [-0.3, -0.25) is 15.0 Å². The Morgan fingerprint density at radius 2 is 2.03 bits per heavy atom. The van der Waals surface area contributed by atoms with Gasteiger partial charge in [0, 0.05) is 48.7 Å². The zero-order chi connectivity index (χ0) is 21.1. The average Bonchev–Trinajstić information content (AvgIpc) is 3.14. The molecule has 1 aromatic carbocycles. The van der Waals surface area contributed by atoms with Crippen LogP contribution in [0.15, 0.2) is 59.3 Å². The maximum absolute atomic E-state index is 14.1. The Labute approximate surface area is 166 Å². The van der Waals surface area contributed by atoms with Crippen LogP contribution >= 0.6 is 0 Å². The van der Waals surface area contributed by atoms with E-state index in [-0.39, 0.29) is 36.7 Å². The van der Waals surface area contributed by atoms with Crippen LogP contribution < -0.4 is 11.1 Å². The van der Waals surface area contributed by atoms with Crippen molar-refractivity contribution in [2.45, 2.75) is 19.7 Å². The van der Waals surface area contributed by atoms with Crippen LogP contribution in [0.1, 0.15) is 18.1 Å². The van der Waals surface area contributed by atoms with Gasteiger partial charge < -0.3 is 20.7 Å². The van der Waals surface area contributed by atoms with Crippen LogP contribution in [0.25, 0.3) is 0 Å². The van der Waals surface area contributed by atoms with E-state index in [9.17, 15) is 18.4 Å². The number of hydrogen-bond donors (Lipinski definition) is 3. The fourth-order valence-electron chi connectivity index (χ4n) is 3.06. The SMILES string of the molecule is CCOC(C(=O)NCc1ccc(C(=N)N)cc1)N1C=C2C(F)=CC(=O)C(F)=C2C1. The van der Waals surface area contributed by atoms with Gasteiger partial charge in [-0.15, -0.1) is 0 Å². The van der Waals surface area contributed by atoms with Crippen molar-refractivity contribution < 1.29 is 23.1 Å². The van der Waals surface area contributed by atoms with Crippen LogP contribution in [0.3, 0.4) is 0 Å². The Hall–Kier alpha value is -3.33. The number of amidine groups is 1. The van der Waals surface area contributed by atoms with E-state index >= 15 is 0 Å². The predicted octanol–water partition coefficient (Wildman–Crippen LogP) is 1.81. The van der Waals surface area contributed by atoms with Crippen molar-refractivity contribution in [1.82, 2.24) is 10.2 Å². The molecule has 152 valence electrons. The molecule has 29 heavy (non-hydrogen) atoms. The van der Waals surface area contributed by atoms with E-state index < -0.39 is 29.6 Å². The van der Waals surface area contributed by atoms with Gasteiger partial charge in [-0.25, -0.2) is 8.78 Å². The van der Waals surface area contributed by atoms with E-state index in [0.717, 1.165) is 5.56 Å². The number of halogens is 2. The molecule has 4 N–H and O–H groups in total. The molecule has 0 saturated heterocycles. The number of allylic oxidation sites excluding steroid dienone is 3. The first-order valence-electron chi connectivity index (χ1n) is 8.93. The summed E-state index contributed by atoms with van der Waals surface area (Å²) in [6.07, 6.45) is 0.765. The zero-order valence-electron chi connectivity index (χ0n) is 15.7. The van der Waals surface area contributed by atoms with E-state index in [2.05, 4.69) is 5.32 Å². The molecule has 0 radical (unpaired) electrons. The highest BCUT2D eigenvalue weighted by molar-refractivity contribution is 6.06. The second-order valence-corrected chi connectivity index (χ2v) is 6.50. The molecule has 0 spiro atoms. The Balaban J connectivity index is 1.71. The highest BCUT2D eigenvalue weighted by Crippen LogP contribution is 2.36. The molecule has 0 saturated carbocycles. The smallest absolute Gasteiger partial charge is 0.270 e. The zero-order valence-corrected chi connectivity index (χ0v) is 15.7. The van der Waals surface area contributed by atoms with Crippen LogP contribution in [-0.2, 0) is 20.9 Å². The third kappa shape index (κ3) is 4.24. The maximum Gasteiger partial charge on any atom is 0.270 e. The normalized spacial score (nSPS) is 16.9. The van der Waals surface area contributed by atoms with E-state index in [1.165, 1.54) is 11.1 Å². The van der Waals surface area contributed by atoms with E-state index in [0.29, 0.717) is 11.6 Å². The summed E-state index contributed by atoms with van der Waals surface area (Å²) in [5, 5.41) is 10.1. The van der Waals surface area contributed by atoms with Gasteiger partial charge in [0.1, 0.15) is 11.7 Å². The molecule has 1 aliphatic carbocycles. The number of fused-ring (bicyclic) bond motifs is 1. The first kappa shape index (κ1) is 20.4. The number of amides is 1. The number of nitrogens with two attached hydrogens (primary N) is 1. The fraction of sp³-hybridized carbons (Fsp3) is 0.250. The quantitative estimate of drug-likeness (QED) is 0.476. The highest BCUT2D eigenvalue weighted by atomic mass is 19.1. The summed E-state index contributed by atoms with van der Waals surface area (Å²) in [6.45, 7) is 1.93. The molecule has 2 aliphatic rings. The van der Waals surface area contributed by atoms with Gasteiger partial charge in [-0.05, 0) is 12.5 Å². The van der Waals surface area contributed by atoms with Crippen molar-refractivity contribution in [3.8, 4) is 0 Å². The first-order valence-corrected chi connectivity index (χ1v) is 8.93. The molecule has 7 nitrogen and oxygen atoms in total. The van der Waals surface area contributed by atoms with Gasteiger partial charge >= 0.3 is 0 Å². The molecule has 3 rings (SSSR count). The number of nitrogens with zero attached hydrogens (tertiary/aromatic N) is 1. The molecule has 1 aromatic rings. The Morgan fingerprint density at radius 3 is 2.66 bits per heavy atom. The van der Waals surface area contributed by atoms with Crippen LogP contribution in [0.4, 0.5) is 8.78 Å². The van der Waals surface area contributed by atoms with Crippen molar-refractivity contribution >= 4 is 17.5 Å². The van der Waals surface area contributed by atoms with Gasteiger partial charge in [-0.1, -0.05) is 24.3 Å². The number of ether oxygens (including phenoxy) is 1. The first-order chi connectivity index (χ1) is 13.8. The van der Waals surface area contributed by atoms with Crippen LogP contribution in [-0.4, -0.2) is 41.8 Å². The van der Waals surface area contributed by atoms with E-state index in [4.69, 9.17) is 15.9 Å². The van der Waals surface area contributed by atoms with Gasteiger partial charge in [0.15, 0.2) is 5.83 Å². The monoisotopic (exact) mass is 402 g/mol. The second-order valence-electron chi connectivity index (χ2n) is 6.50. The fourth-order valence-corrected chi connectivity index (χ4v) is 3.06. The number of ketones is 1. The standard InChI is InChI=1S/C20H20F2N4O3/c1-2-29-20(19(28)25-8-11-3-5-12(6-4-11)18(23)24)26-9-13-14(10-26)17(22)16(27)7-15(13)21/h3-7,9,20H,2,8,10H2,1H3,(H3,23,24)(H,25,28). The number of benzene rings is 1. The van der Waals surface area contributed by atoms with E-state index in [1.807, 2.05) is 0 Å². The van der Waals surface area contributed by atoms with Crippen LogP contribution in [0, 0.1) is 5.41 Å². The van der Waals surface area contributed by atoms with Crippen LogP contribution in [0.2, 0.25) is 0 Å². The molecular formula is C20H20F2N4O3. The topological polar surface area (TPSA) is 109 Å². The predicted molar refractivity (Wildman–Crippen MR) is 102 cm³/mol. The molecule has 0 bridgehead atoms. The lowest BCUT2D eigenvalue weighted by Gasteiger charge is -2.26. The van der Waals surface area contributed by atoms with E-state index in [1.54, 1.807) is 31.2 Å². The Bertz CT molecular complexity index is 951. The summed E-state index contributed by atoms with van der Waals surface area (Å²) in [6, 6.07) is 6.79. The van der Waals surface area contributed by atoms with Crippen molar-refractivity contribution in [3.05, 3.63) is 70.5 Å². The lowest BCUT2D eigenvalue weighted by molar-refractivity contribution is -0.142. The van der Waals surface area contributed by atoms with Crippen LogP contribution in [0.5, 0.6) is 0 Å². The van der Waals surface area contributed by atoms with Gasteiger partial charge in [0.2, 0.25) is 12.0 Å². The van der Waals surface area contributed by atoms with Crippen molar-refractivity contribution in [1.29, 1.82) is 5.41 Å². The Kier molecular flexibility index (Phi) is 5.88. The average molecular weight is 402 g/mol. The molecule has 1 unspecified atom stereocenters. The number of carbonyl (C=O) groups is 2. The molecule has 1 aliphatic heterocycles. The molecular weight excluding hydrogens is 382 g/mol. The summed E-state index contributed by atoms with van der Waals surface area (Å²) in [4.78, 5) is 25.5. The number of nitrogens with one attached hydrogen (secondary N) is 2. The highest BCUT2D eigenvalue weighted by Gasteiger charge is 2.36.